The van der Waals surface area contributed by atoms with Crippen LogP contribution in [0, 0.1) is 11.3 Å². The maximum absolute atomic E-state index is 12.4. The first-order chi connectivity index (χ1) is 9.55. The summed E-state index contributed by atoms with van der Waals surface area (Å²) < 4.78 is 26.4. The highest BCUT2D eigenvalue weighted by Crippen LogP contribution is 2.17. The molecule has 1 fully saturated rings. The van der Waals surface area contributed by atoms with E-state index in [-0.39, 0.29) is 11.8 Å². The number of nitriles is 1. The molecule has 0 amide bonds. The number of piperidine rings is 1. The van der Waals surface area contributed by atoms with Gasteiger partial charge in [-0.2, -0.15) is 5.26 Å². The summed E-state index contributed by atoms with van der Waals surface area (Å²) in [6.07, 6.45) is 1.90. The smallest absolute Gasteiger partial charge is 0.218 e. The van der Waals surface area contributed by atoms with Gasteiger partial charge in [0.05, 0.1) is 17.4 Å². The normalized spacial score (nSPS) is 20.5. The number of benzene rings is 1. The first-order valence-corrected chi connectivity index (χ1v) is 8.30. The first-order valence-electron chi connectivity index (χ1n) is 6.69. The van der Waals surface area contributed by atoms with Crippen molar-refractivity contribution in [3.8, 4) is 6.07 Å². The molecule has 1 saturated heterocycles. The van der Waals surface area contributed by atoms with E-state index in [2.05, 4.69) is 5.32 Å². The minimum Gasteiger partial charge on any atom is -0.316 e. The molecule has 1 N–H and O–H groups in total. The lowest BCUT2D eigenvalue weighted by Gasteiger charge is -2.31. The molecule has 0 aliphatic carbocycles. The summed E-state index contributed by atoms with van der Waals surface area (Å²) in [6, 6.07) is 8.97. The molecule has 1 aliphatic rings. The van der Waals surface area contributed by atoms with E-state index >= 15 is 0 Å². The fourth-order valence-corrected chi connectivity index (χ4v) is 4.02. The number of likely N-dealkylation sites (N-methyl/N-ethyl adjacent to an activating group) is 1. The maximum atomic E-state index is 12.4. The summed E-state index contributed by atoms with van der Waals surface area (Å²) in [7, 11) is -1.43. The van der Waals surface area contributed by atoms with Gasteiger partial charge < -0.3 is 5.32 Å². The summed E-state index contributed by atoms with van der Waals surface area (Å²) in [4.78, 5) is 0. The topological polar surface area (TPSA) is 73.2 Å². The van der Waals surface area contributed by atoms with Crippen molar-refractivity contribution < 1.29 is 8.42 Å². The Morgan fingerprint density at radius 2 is 2.10 bits per heavy atom. The van der Waals surface area contributed by atoms with Gasteiger partial charge in [0.2, 0.25) is 10.0 Å². The van der Waals surface area contributed by atoms with Crippen LogP contribution in [0.4, 0.5) is 0 Å². The molecule has 0 radical (unpaired) electrons. The monoisotopic (exact) mass is 293 g/mol. The Labute approximate surface area is 120 Å². The Kier molecular flexibility index (Phi) is 4.76. The minimum absolute atomic E-state index is 0.00482. The van der Waals surface area contributed by atoms with Crippen LogP contribution in [0.5, 0.6) is 0 Å². The van der Waals surface area contributed by atoms with E-state index in [0.29, 0.717) is 18.7 Å². The third-order valence-corrected chi connectivity index (χ3v) is 5.43. The lowest BCUT2D eigenvalue weighted by Crippen LogP contribution is -2.47. The fourth-order valence-electron chi connectivity index (χ4n) is 2.41. The largest absolute Gasteiger partial charge is 0.316 e. The van der Waals surface area contributed by atoms with Crippen LogP contribution in [0.1, 0.15) is 24.0 Å². The van der Waals surface area contributed by atoms with Gasteiger partial charge in [-0.25, -0.2) is 12.7 Å². The molecule has 0 spiro atoms. The second-order valence-corrected chi connectivity index (χ2v) is 7.02. The van der Waals surface area contributed by atoms with E-state index in [1.54, 1.807) is 28.6 Å². The number of nitrogens with zero attached hydrogens (tertiary/aromatic N) is 2. The molecular formula is C14H19N3O2S. The third-order valence-electron chi connectivity index (χ3n) is 3.62. The van der Waals surface area contributed by atoms with E-state index in [0.717, 1.165) is 18.4 Å². The van der Waals surface area contributed by atoms with Gasteiger partial charge in [-0.3, -0.25) is 0 Å². The molecule has 108 valence electrons. The SMILES string of the molecule is CNC1CCCN(S(=O)(=O)Cc2ccc(C#N)cc2)C1. The Morgan fingerprint density at radius 3 is 2.70 bits per heavy atom. The Balaban J connectivity index is 2.08. The summed E-state index contributed by atoms with van der Waals surface area (Å²) in [6.45, 7) is 1.13. The molecule has 2 rings (SSSR count). The molecule has 5 nitrogen and oxygen atoms in total. The van der Waals surface area contributed by atoms with Crippen molar-refractivity contribution in [2.45, 2.75) is 24.6 Å². The second kappa shape index (κ2) is 6.35. The Morgan fingerprint density at radius 1 is 1.40 bits per heavy atom. The van der Waals surface area contributed by atoms with E-state index in [4.69, 9.17) is 5.26 Å². The van der Waals surface area contributed by atoms with E-state index in [9.17, 15) is 8.42 Å². The highest BCUT2D eigenvalue weighted by molar-refractivity contribution is 7.88. The number of sulfonamides is 1. The highest BCUT2D eigenvalue weighted by atomic mass is 32.2. The van der Waals surface area contributed by atoms with Crippen molar-refractivity contribution in [3.63, 3.8) is 0 Å². The standard InChI is InChI=1S/C14H19N3O2S/c1-16-14-3-2-8-17(10-14)20(18,19)11-13-6-4-12(9-15)5-7-13/h4-7,14,16H,2-3,8,10-11H2,1H3. The van der Waals surface area contributed by atoms with Gasteiger partial charge in [0.1, 0.15) is 0 Å². The van der Waals surface area contributed by atoms with Crippen LogP contribution < -0.4 is 5.32 Å². The second-order valence-electron chi connectivity index (χ2n) is 5.05. The number of rotatable bonds is 4. The van der Waals surface area contributed by atoms with E-state index < -0.39 is 10.0 Å². The molecule has 1 unspecified atom stereocenters. The lowest BCUT2D eigenvalue weighted by atomic mass is 10.1. The first kappa shape index (κ1) is 15.0. The number of nitrogens with one attached hydrogen (secondary N) is 1. The van der Waals surface area contributed by atoms with Crippen LogP contribution in [0.15, 0.2) is 24.3 Å². The summed E-state index contributed by atoms with van der Waals surface area (Å²) in [5.74, 6) is -0.00482. The molecule has 1 aliphatic heterocycles. The molecule has 20 heavy (non-hydrogen) atoms. The van der Waals surface area contributed by atoms with Crippen molar-refractivity contribution in [1.29, 1.82) is 5.26 Å². The van der Waals surface area contributed by atoms with Gasteiger partial charge in [-0.05, 0) is 37.6 Å². The van der Waals surface area contributed by atoms with Crippen molar-refractivity contribution >= 4 is 10.0 Å². The molecule has 6 heteroatoms. The fraction of sp³-hybridized carbons (Fsp3) is 0.500. The average Bonchev–Trinajstić information content (AvgIpc) is 2.48. The van der Waals surface area contributed by atoms with E-state index in [1.807, 2.05) is 13.1 Å². The Bertz CT molecular complexity index is 590. The molecule has 1 aromatic rings. The summed E-state index contributed by atoms with van der Waals surface area (Å²) >= 11 is 0. The quantitative estimate of drug-likeness (QED) is 0.901. The zero-order valence-corrected chi connectivity index (χ0v) is 12.4. The zero-order chi connectivity index (χ0) is 14.6. The van der Waals surface area contributed by atoms with Crippen molar-refractivity contribution in [1.82, 2.24) is 9.62 Å². The molecule has 1 atom stereocenters. The van der Waals surface area contributed by atoms with Crippen LogP contribution in [-0.4, -0.2) is 38.9 Å². The van der Waals surface area contributed by atoms with Gasteiger partial charge in [0.15, 0.2) is 0 Å². The predicted molar refractivity (Wildman–Crippen MR) is 77.4 cm³/mol. The number of hydrogen-bond donors (Lipinski definition) is 1. The third kappa shape index (κ3) is 3.57. The van der Waals surface area contributed by atoms with Gasteiger partial charge in [-0.15, -0.1) is 0 Å². The zero-order valence-electron chi connectivity index (χ0n) is 11.5. The van der Waals surface area contributed by atoms with Crippen LogP contribution in [-0.2, 0) is 15.8 Å². The van der Waals surface area contributed by atoms with Crippen molar-refractivity contribution in [3.05, 3.63) is 35.4 Å². The summed E-state index contributed by atoms with van der Waals surface area (Å²) in [5, 5.41) is 11.9. The molecule has 0 aromatic heterocycles. The molecule has 1 aromatic carbocycles. The summed E-state index contributed by atoms with van der Waals surface area (Å²) in [5.41, 5.74) is 1.26. The Hall–Kier alpha value is -1.42. The van der Waals surface area contributed by atoms with Crippen LogP contribution >= 0.6 is 0 Å². The predicted octanol–water partition coefficient (Wildman–Crippen LogP) is 1.07. The van der Waals surface area contributed by atoms with Gasteiger partial charge in [-0.1, -0.05) is 12.1 Å². The molecule has 0 saturated carbocycles. The molecule has 0 bridgehead atoms. The highest BCUT2D eigenvalue weighted by Gasteiger charge is 2.28. The lowest BCUT2D eigenvalue weighted by molar-refractivity contribution is 0.292. The van der Waals surface area contributed by atoms with E-state index in [1.165, 1.54) is 0 Å². The molecular weight excluding hydrogens is 274 g/mol. The van der Waals surface area contributed by atoms with Gasteiger partial charge in [0.25, 0.3) is 0 Å². The minimum atomic E-state index is -3.29. The maximum Gasteiger partial charge on any atom is 0.218 e. The van der Waals surface area contributed by atoms with Gasteiger partial charge >= 0.3 is 0 Å². The average molecular weight is 293 g/mol. The van der Waals surface area contributed by atoms with Crippen LogP contribution in [0.3, 0.4) is 0 Å². The number of hydrogen-bond acceptors (Lipinski definition) is 4. The van der Waals surface area contributed by atoms with Crippen LogP contribution in [0.25, 0.3) is 0 Å². The van der Waals surface area contributed by atoms with Crippen LogP contribution in [0.2, 0.25) is 0 Å². The van der Waals surface area contributed by atoms with Crippen molar-refractivity contribution in [2.75, 3.05) is 20.1 Å². The van der Waals surface area contributed by atoms with Crippen molar-refractivity contribution in [2.24, 2.45) is 0 Å². The molecule has 1 heterocycles. The van der Waals surface area contributed by atoms with Gasteiger partial charge in [0, 0.05) is 19.1 Å².